The summed E-state index contributed by atoms with van der Waals surface area (Å²) in [5, 5.41) is -0.203. The molecule has 0 amide bonds. The summed E-state index contributed by atoms with van der Waals surface area (Å²) in [6, 6.07) is 3.33. The normalized spacial score (nSPS) is 12.1. The third kappa shape index (κ3) is 4.53. The van der Waals surface area contributed by atoms with E-state index < -0.39 is 15.8 Å². The lowest BCUT2D eigenvalue weighted by Crippen LogP contribution is -2.27. The Labute approximate surface area is 112 Å². The smallest absolute Gasteiger partial charge is 0.240 e. The van der Waals surface area contributed by atoms with Gasteiger partial charge >= 0.3 is 0 Å². The average molecular weight is 295 g/mol. The van der Waals surface area contributed by atoms with Gasteiger partial charge in [-0.25, -0.2) is 17.5 Å². The molecule has 0 unspecified atom stereocenters. The fourth-order valence-corrected chi connectivity index (χ4v) is 2.67. The number of halogens is 2. The molecule has 0 aromatic heterocycles. The van der Waals surface area contributed by atoms with Gasteiger partial charge in [-0.1, -0.05) is 11.6 Å². The highest BCUT2D eigenvalue weighted by molar-refractivity contribution is 7.89. The van der Waals surface area contributed by atoms with E-state index in [1.165, 1.54) is 6.07 Å². The van der Waals surface area contributed by atoms with Gasteiger partial charge in [0, 0.05) is 6.54 Å². The van der Waals surface area contributed by atoms with Crippen molar-refractivity contribution < 1.29 is 12.8 Å². The lowest BCUT2D eigenvalue weighted by Gasteiger charge is -2.10. The second kappa shape index (κ2) is 6.47. The van der Waals surface area contributed by atoms with Crippen molar-refractivity contribution in [3.63, 3.8) is 0 Å². The molecule has 0 atom stereocenters. The Bertz CT molecular complexity index is 506. The Morgan fingerprint density at radius 2 is 2.06 bits per heavy atom. The number of hydrogen-bond acceptors (Lipinski definition) is 3. The topological polar surface area (TPSA) is 49.4 Å². The summed E-state index contributed by atoms with van der Waals surface area (Å²) >= 11 is 5.55. The van der Waals surface area contributed by atoms with Gasteiger partial charge in [-0.3, -0.25) is 0 Å². The maximum Gasteiger partial charge on any atom is 0.240 e. The molecule has 0 aliphatic carbocycles. The number of sulfonamides is 1. The maximum absolute atomic E-state index is 12.9. The minimum Gasteiger partial charge on any atom is -0.309 e. The van der Waals surface area contributed by atoms with Gasteiger partial charge in [0.2, 0.25) is 10.0 Å². The molecule has 1 N–H and O–H groups in total. The summed E-state index contributed by atoms with van der Waals surface area (Å²) in [6.45, 7) is 1.11. The van der Waals surface area contributed by atoms with E-state index in [2.05, 4.69) is 4.72 Å². The van der Waals surface area contributed by atoms with E-state index in [0.29, 0.717) is 13.0 Å². The number of hydrogen-bond donors (Lipinski definition) is 1. The molecule has 0 bridgehead atoms. The van der Waals surface area contributed by atoms with Crippen molar-refractivity contribution in [1.29, 1.82) is 0 Å². The van der Waals surface area contributed by atoms with Crippen LogP contribution in [-0.2, 0) is 10.0 Å². The van der Waals surface area contributed by atoms with Crippen LogP contribution in [0.4, 0.5) is 4.39 Å². The molecule has 0 spiro atoms. The zero-order valence-electron chi connectivity index (χ0n) is 10.3. The summed E-state index contributed by atoms with van der Waals surface area (Å²) in [7, 11) is 0.205. The van der Waals surface area contributed by atoms with Crippen LogP contribution in [0.3, 0.4) is 0 Å². The zero-order chi connectivity index (χ0) is 13.8. The first-order chi connectivity index (χ1) is 8.33. The summed E-state index contributed by atoms with van der Waals surface area (Å²) in [5.41, 5.74) is 0. The van der Waals surface area contributed by atoms with Crippen LogP contribution in [0.5, 0.6) is 0 Å². The van der Waals surface area contributed by atoms with E-state index in [1.807, 2.05) is 19.0 Å². The van der Waals surface area contributed by atoms with Crippen LogP contribution in [0.15, 0.2) is 23.1 Å². The Morgan fingerprint density at radius 1 is 1.39 bits per heavy atom. The molecule has 102 valence electrons. The van der Waals surface area contributed by atoms with Crippen LogP contribution in [-0.4, -0.2) is 40.5 Å². The van der Waals surface area contributed by atoms with Crippen molar-refractivity contribution in [1.82, 2.24) is 9.62 Å². The number of benzene rings is 1. The van der Waals surface area contributed by atoms with Crippen LogP contribution in [0, 0.1) is 5.82 Å². The van der Waals surface area contributed by atoms with E-state index in [4.69, 9.17) is 11.6 Å². The fraction of sp³-hybridized carbons (Fsp3) is 0.455. The predicted octanol–water partition coefficient (Wildman–Crippen LogP) is 1.71. The maximum atomic E-state index is 12.9. The van der Waals surface area contributed by atoms with Crippen LogP contribution >= 0.6 is 11.6 Å². The average Bonchev–Trinajstić information content (AvgIpc) is 2.28. The van der Waals surface area contributed by atoms with Crippen LogP contribution in [0.1, 0.15) is 6.42 Å². The van der Waals surface area contributed by atoms with Gasteiger partial charge in [0.25, 0.3) is 0 Å². The molecule has 0 aliphatic heterocycles. The minimum atomic E-state index is -3.62. The number of rotatable bonds is 6. The first-order valence-corrected chi connectivity index (χ1v) is 7.28. The van der Waals surface area contributed by atoms with Crippen molar-refractivity contribution in [3.8, 4) is 0 Å². The van der Waals surface area contributed by atoms with Gasteiger partial charge in [0.1, 0.15) is 5.82 Å². The molecule has 0 saturated heterocycles. The Balaban J connectivity index is 2.66. The van der Waals surface area contributed by atoms with E-state index in [1.54, 1.807) is 0 Å². The third-order valence-electron chi connectivity index (χ3n) is 2.28. The molecule has 0 aliphatic rings. The molecule has 1 rings (SSSR count). The van der Waals surface area contributed by atoms with Gasteiger partial charge < -0.3 is 4.90 Å². The Hall–Kier alpha value is -0.690. The lowest BCUT2D eigenvalue weighted by molar-refractivity contribution is 0.400. The SMILES string of the molecule is CN(C)CCCNS(=O)(=O)c1ccc(F)c(Cl)c1. The minimum absolute atomic E-state index is 0.0289. The van der Waals surface area contributed by atoms with Crippen LogP contribution in [0.2, 0.25) is 5.02 Å². The van der Waals surface area contributed by atoms with Crippen molar-refractivity contribution >= 4 is 21.6 Å². The standard InChI is InChI=1S/C11H16ClFN2O2S/c1-15(2)7-3-6-14-18(16,17)9-4-5-11(13)10(12)8-9/h4-5,8,14H,3,6-7H2,1-2H3. The van der Waals surface area contributed by atoms with Crippen LogP contribution < -0.4 is 4.72 Å². The van der Waals surface area contributed by atoms with E-state index >= 15 is 0 Å². The highest BCUT2D eigenvalue weighted by Crippen LogP contribution is 2.19. The van der Waals surface area contributed by atoms with E-state index in [-0.39, 0.29) is 9.92 Å². The van der Waals surface area contributed by atoms with E-state index in [0.717, 1.165) is 18.7 Å². The van der Waals surface area contributed by atoms with E-state index in [9.17, 15) is 12.8 Å². The molecule has 0 fully saturated rings. The molecule has 0 radical (unpaired) electrons. The predicted molar refractivity (Wildman–Crippen MR) is 69.8 cm³/mol. The second-order valence-corrected chi connectivity index (χ2v) is 6.30. The van der Waals surface area contributed by atoms with Gasteiger partial charge in [-0.15, -0.1) is 0 Å². The van der Waals surface area contributed by atoms with Crippen molar-refractivity contribution in [3.05, 3.63) is 29.0 Å². The van der Waals surface area contributed by atoms with Crippen molar-refractivity contribution in [2.24, 2.45) is 0 Å². The number of nitrogens with zero attached hydrogens (tertiary/aromatic N) is 1. The molecule has 1 aromatic carbocycles. The molecule has 0 saturated carbocycles. The van der Waals surface area contributed by atoms with Crippen molar-refractivity contribution in [2.75, 3.05) is 27.2 Å². The van der Waals surface area contributed by atoms with Crippen LogP contribution in [0.25, 0.3) is 0 Å². The lowest BCUT2D eigenvalue weighted by atomic mass is 10.3. The monoisotopic (exact) mass is 294 g/mol. The van der Waals surface area contributed by atoms with Gasteiger partial charge in [0.05, 0.1) is 9.92 Å². The zero-order valence-corrected chi connectivity index (χ0v) is 11.9. The highest BCUT2D eigenvalue weighted by Gasteiger charge is 2.15. The summed E-state index contributed by atoms with van der Waals surface area (Å²) in [4.78, 5) is 1.93. The fourth-order valence-electron chi connectivity index (χ4n) is 1.33. The summed E-state index contributed by atoms with van der Waals surface area (Å²) in [6.07, 6.45) is 0.696. The highest BCUT2D eigenvalue weighted by atomic mass is 35.5. The first-order valence-electron chi connectivity index (χ1n) is 5.42. The van der Waals surface area contributed by atoms with Gasteiger partial charge in [-0.2, -0.15) is 0 Å². The first kappa shape index (κ1) is 15.4. The third-order valence-corrected chi connectivity index (χ3v) is 4.02. The molecular weight excluding hydrogens is 279 g/mol. The summed E-state index contributed by atoms with van der Waals surface area (Å²) < 4.78 is 39.0. The number of nitrogens with one attached hydrogen (secondary N) is 1. The molecule has 18 heavy (non-hydrogen) atoms. The largest absolute Gasteiger partial charge is 0.309 e. The second-order valence-electron chi connectivity index (χ2n) is 4.13. The molecule has 4 nitrogen and oxygen atoms in total. The molecular formula is C11H16ClFN2O2S. The Kier molecular flexibility index (Phi) is 5.52. The molecule has 7 heteroatoms. The van der Waals surface area contributed by atoms with Crippen molar-refractivity contribution in [2.45, 2.75) is 11.3 Å². The Morgan fingerprint density at radius 3 is 2.61 bits per heavy atom. The quantitative estimate of drug-likeness (QED) is 0.813. The summed E-state index contributed by atoms with van der Waals surface area (Å²) in [5.74, 6) is -0.636. The van der Waals surface area contributed by atoms with Gasteiger partial charge in [0.15, 0.2) is 0 Å². The molecule has 1 aromatic rings. The molecule has 0 heterocycles. The van der Waals surface area contributed by atoms with Gasteiger partial charge in [-0.05, 0) is 45.3 Å².